The number of halogens is 1. The van der Waals surface area contributed by atoms with Crippen molar-refractivity contribution in [1.29, 1.82) is 0 Å². The van der Waals surface area contributed by atoms with E-state index in [2.05, 4.69) is 32.4 Å². The zero-order valence-corrected chi connectivity index (χ0v) is 9.75. The summed E-state index contributed by atoms with van der Waals surface area (Å²) in [5, 5.41) is 0. The van der Waals surface area contributed by atoms with Crippen LogP contribution in [-0.4, -0.2) is 15.8 Å². The van der Waals surface area contributed by atoms with Gasteiger partial charge in [0.15, 0.2) is 0 Å². The molecule has 0 aromatic carbocycles. The summed E-state index contributed by atoms with van der Waals surface area (Å²) in [5.41, 5.74) is 1.19. The third-order valence-electron chi connectivity index (χ3n) is 2.75. The number of aldehydes is 1. The van der Waals surface area contributed by atoms with Crippen LogP contribution in [0, 0.1) is 0 Å². The third kappa shape index (κ3) is 1.41. The van der Waals surface area contributed by atoms with Crippen molar-refractivity contribution >= 4 is 22.2 Å². The van der Waals surface area contributed by atoms with Gasteiger partial charge in [0.1, 0.15) is 16.7 Å². The van der Waals surface area contributed by atoms with Crippen LogP contribution in [-0.2, 0) is 17.6 Å². The predicted molar refractivity (Wildman–Crippen MR) is 57.3 cm³/mol. The lowest BCUT2D eigenvalue weighted by Gasteiger charge is -2.22. The van der Waals surface area contributed by atoms with E-state index in [9.17, 15) is 4.79 Å². The van der Waals surface area contributed by atoms with Crippen molar-refractivity contribution in [1.82, 2.24) is 9.55 Å². The number of hydrogen-bond donors (Lipinski definition) is 0. The van der Waals surface area contributed by atoms with Crippen LogP contribution < -0.4 is 0 Å². The Morgan fingerprint density at radius 3 is 3.14 bits per heavy atom. The molecule has 0 saturated heterocycles. The molecule has 0 spiro atoms. The zero-order chi connectivity index (χ0) is 10.1. The van der Waals surface area contributed by atoms with E-state index < -0.39 is 0 Å². The molecule has 0 radical (unpaired) electrons. The Kier molecular flexibility index (Phi) is 2.72. The maximum Gasteiger partial charge on any atom is 0.142 e. The van der Waals surface area contributed by atoms with Gasteiger partial charge >= 0.3 is 0 Å². The molecular formula is C10H13BrN2O. The number of nitrogens with zero attached hydrogens (tertiary/aromatic N) is 2. The summed E-state index contributed by atoms with van der Waals surface area (Å²) in [6.45, 7) is 2.07. The summed E-state index contributed by atoms with van der Waals surface area (Å²) in [7, 11) is 0. The van der Waals surface area contributed by atoms with Gasteiger partial charge in [-0.15, -0.1) is 0 Å². The van der Waals surface area contributed by atoms with Crippen LogP contribution in [0.2, 0.25) is 0 Å². The standard InChI is InChI=1S/C10H13BrN2O/c1-2-9-12-10(11)8-5-3-4-7(6-14)13(8)9/h6-7H,2-5H2,1H3. The highest BCUT2D eigenvalue weighted by Crippen LogP contribution is 2.30. The van der Waals surface area contributed by atoms with E-state index in [4.69, 9.17) is 0 Å². The van der Waals surface area contributed by atoms with E-state index in [1.807, 2.05) is 0 Å². The molecule has 2 heterocycles. The van der Waals surface area contributed by atoms with Gasteiger partial charge < -0.3 is 9.36 Å². The van der Waals surface area contributed by atoms with Gasteiger partial charge in [0.05, 0.1) is 11.7 Å². The Hall–Kier alpha value is -0.640. The predicted octanol–water partition coefficient (Wildman–Crippen LogP) is 2.28. The van der Waals surface area contributed by atoms with Crippen LogP contribution in [0.4, 0.5) is 0 Å². The van der Waals surface area contributed by atoms with Crippen molar-refractivity contribution in [3.05, 3.63) is 16.1 Å². The number of carbonyl (C=O) groups excluding carboxylic acids is 1. The molecule has 0 bridgehead atoms. The van der Waals surface area contributed by atoms with Crippen LogP contribution in [0.25, 0.3) is 0 Å². The van der Waals surface area contributed by atoms with E-state index in [0.717, 1.165) is 42.4 Å². The molecule has 76 valence electrons. The van der Waals surface area contributed by atoms with Gasteiger partial charge in [-0.05, 0) is 35.2 Å². The Morgan fingerprint density at radius 2 is 2.50 bits per heavy atom. The van der Waals surface area contributed by atoms with Crippen molar-refractivity contribution in [2.45, 2.75) is 38.6 Å². The molecule has 14 heavy (non-hydrogen) atoms. The average Bonchev–Trinajstić information content (AvgIpc) is 2.56. The van der Waals surface area contributed by atoms with Gasteiger partial charge in [-0.25, -0.2) is 4.98 Å². The van der Waals surface area contributed by atoms with E-state index >= 15 is 0 Å². The van der Waals surface area contributed by atoms with Crippen molar-refractivity contribution in [3.63, 3.8) is 0 Å². The molecule has 1 aromatic heterocycles. The van der Waals surface area contributed by atoms with Crippen molar-refractivity contribution in [2.75, 3.05) is 0 Å². The van der Waals surface area contributed by atoms with Crippen LogP contribution in [0.1, 0.15) is 37.3 Å². The fourth-order valence-corrected chi connectivity index (χ4v) is 2.68. The zero-order valence-electron chi connectivity index (χ0n) is 8.16. The molecule has 1 atom stereocenters. The summed E-state index contributed by atoms with van der Waals surface area (Å²) in [5.74, 6) is 1.02. The van der Waals surface area contributed by atoms with Gasteiger partial charge in [0, 0.05) is 6.42 Å². The third-order valence-corrected chi connectivity index (χ3v) is 3.39. The summed E-state index contributed by atoms with van der Waals surface area (Å²) in [6, 6.07) is 0.00694. The monoisotopic (exact) mass is 256 g/mol. The second-order valence-electron chi connectivity index (χ2n) is 3.58. The average molecular weight is 257 g/mol. The van der Waals surface area contributed by atoms with Crippen molar-refractivity contribution in [3.8, 4) is 0 Å². The van der Waals surface area contributed by atoms with E-state index in [1.165, 1.54) is 5.69 Å². The first kappa shape index (κ1) is 9.90. The first-order valence-corrected chi connectivity index (χ1v) is 5.78. The quantitative estimate of drug-likeness (QED) is 0.762. The fourth-order valence-electron chi connectivity index (χ4n) is 2.09. The Morgan fingerprint density at radius 1 is 1.71 bits per heavy atom. The van der Waals surface area contributed by atoms with Crippen molar-refractivity contribution < 1.29 is 4.79 Å². The van der Waals surface area contributed by atoms with Crippen LogP contribution in [0.3, 0.4) is 0 Å². The van der Waals surface area contributed by atoms with Crippen LogP contribution in [0.5, 0.6) is 0 Å². The summed E-state index contributed by atoms with van der Waals surface area (Å²) in [4.78, 5) is 15.4. The molecule has 4 heteroatoms. The van der Waals surface area contributed by atoms with E-state index in [-0.39, 0.29) is 6.04 Å². The summed E-state index contributed by atoms with van der Waals surface area (Å²) >= 11 is 3.45. The smallest absolute Gasteiger partial charge is 0.142 e. The molecule has 1 unspecified atom stereocenters. The van der Waals surface area contributed by atoms with Gasteiger partial charge in [0.2, 0.25) is 0 Å². The fraction of sp³-hybridized carbons (Fsp3) is 0.600. The highest BCUT2D eigenvalue weighted by Gasteiger charge is 2.24. The maximum absolute atomic E-state index is 10.9. The van der Waals surface area contributed by atoms with E-state index in [0.29, 0.717) is 0 Å². The Balaban J connectivity index is 2.53. The Labute approximate surface area is 91.6 Å². The molecule has 1 aliphatic heterocycles. The minimum absolute atomic E-state index is 0.00694. The first-order chi connectivity index (χ1) is 6.77. The number of hydrogen-bond acceptors (Lipinski definition) is 2. The largest absolute Gasteiger partial charge is 0.321 e. The van der Waals surface area contributed by atoms with Gasteiger partial charge in [-0.3, -0.25) is 0 Å². The molecule has 0 amide bonds. The number of rotatable bonds is 2. The Bertz CT molecular complexity index is 359. The SMILES string of the molecule is CCc1nc(Br)c2n1C(C=O)CCC2. The number of carbonyl (C=O) groups is 1. The molecule has 0 N–H and O–H groups in total. The second-order valence-corrected chi connectivity index (χ2v) is 4.34. The van der Waals surface area contributed by atoms with Gasteiger partial charge in [-0.2, -0.15) is 0 Å². The van der Waals surface area contributed by atoms with Crippen molar-refractivity contribution in [2.24, 2.45) is 0 Å². The maximum atomic E-state index is 10.9. The second kappa shape index (κ2) is 3.85. The van der Waals surface area contributed by atoms with Crippen LogP contribution >= 0.6 is 15.9 Å². The topological polar surface area (TPSA) is 34.9 Å². The lowest BCUT2D eigenvalue weighted by atomic mass is 10.0. The minimum Gasteiger partial charge on any atom is -0.321 e. The molecule has 0 saturated carbocycles. The van der Waals surface area contributed by atoms with E-state index in [1.54, 1.807) is 0 Å². The summed E-state index contributed by atoms with van der Waals surface area (Å²) < 4.78 is 3.02. The molecular weight excluding hydrogens is 244 g/mol. The number of imidazole rings is 1. The highest BCUT2D eigenvalue weighted by atomic mass is 79.9. The normalized spacial score (nSPS) is 20.6. The number of aryl methyl sites for hydroxylation is 1. The molecule has 0 aliphatic carbocycles. The van der Waals surface area contributed by atoms with Gasteiger partial charge in [0.25, 0.3) is 0 Å². The minimum atomic E-state index is 0.00694. The lowest BCUT2D eigenvalue weighted by molar-refractivity contribution is -0.111. The van der Waals surface area contributed by atoms with Gasteiger partial charge in [-0.1, -0.05) is 6.92 Å². The highest BCUT2D eigenvalue weighted by molar-refractivity contribution is 9.10. The molecule has 0 fully saturated rings. The van der Waals surface area contributed by atoms with Crippen LogP contribution in [0.15, 0.2) is 4.60 Å². The lowest BCUT2D eigenvalue weighted by Crippen LogP contribution is -2.20. The first-order valence-electron chi connectivity index (χ1n) is 4.98. The summed E-state index contributed by atoms with van der Waals surface area (Å²) in [6.07, 6.45) is 4.97. The molecule has 3 nitrogen and oxygen atoms in total. The number of fused-ring (bicyclic) bond motifs is 1. The number of aromatic nitrogens is 2. The molecule has 1 aromatic rings. The molecule has 2 rings (SSSR count). The molecule has 1 aliphatic rings.